The van der Waals surface area contributed by atoms with Gasteiger partial charge < -0.3 is 20.5 Å². The standard InChI is InChI=1S/C17H29N5O2/c1-12-15(13(2)24-21-12)7-4-8-20-17(19-3)22-9-5-6-14(11-22)10-16(18)23/h14H,4-11H2,1-3H3,(H2,18,23)(H,19,20). The molecule has 0 aliphatic carbocycles. The Labute approximate surface area is 143 Å². The van der Waals surface area contributed by atoms with Gasteiger partial charge in [-0.3, -0.25) is 9.79 Å². The Hall–Kier alpha value is -2.05. The highest BCUT2D eigenvalue weighted by Crippen LogP contribution is 2.19. The SMILES string of the molecule is CN=C(NCCCc1c(C)noc1C)N1CCCC(CC(N)=O)C1. The van der Waals surface area contributed by atoms with Crippen molar-refractivity contribution >= 4 is 11.9 Å². The summed E-state index contributed by atoms with van der Waals surface area (Å²) in [5, 5.41) is 7.41. The first-order valence-electron chi connectivity index (χ1n) is 8.67. The molecule has 1 aliphatic rings. The third-order valence-electron chi connectivity index (χ3n) is 4.59. The molecule has 3 N–H and O–H groups in total. The second-order valence-corrected chi connectivity index (χ2v) is 6.50. The summed E-state index contributed by atoms with van der Waals surface area (Å²) in [6.45, 7) is 6.58. The lowest BCUT2D eigenvalue weighted by Crippen LogP contribution is -2.47. The van der Waals surface area contributed by atoms with E-state index < -0.39 is 0 Å². The summed E-state index contributed by atoms with van der Waals surface area (Å²) in [6, 6.07) is 0. The largest absolute Gasteiger partial charge is 0.370 e. The maximum atomic E-state index is 11.1. The number of hydrogen-bond donors (Lipinski definition) is 2. The number of nitrogens with zero attached hydrogens (tertiary/aromatic N) is 3. The Morgan fingerprint density at radius 1 is 1.50 bits per heavy atom. The van der Waals surface area contributed by atoms with E-state index in [4.69, 9.17) is 10.3 Å². The van der Waals surface area contributed by atoms with Gasteiger partial charge in [0.2, 0.25) is 5.91 Å². The topological polar surface area (TPSA) is 96.8 Å². The highest BCUT2D eigenvalue weighted by atomic mass is 16.5. The van der Waals surface area contributed by atoms with Crippen LogP contribution < -0.4 is 11.1 Å². The fourth-order valence-corrected chi connectivity index (χ4v) is 3.37. The van der Waals surface area contributed by atoms with Gasteiger partial charge in [0, 0.05) is 38.7 Å². The maximum absolute atomic E-state index is 11.1. The van der Waals surface area contributed by atoms with E-state index in [2.05, 4.69) is 20.4 Å². The molecule has 0 spiro atoms. The van der Waals surface area contributed by atoms with Crippen molar-refractivity contribution in [3.63, 3.8) is 0 Å². The minimum Gasteiger partial charge on any atom is -0.370 e. The van der Waals surface area contributed by atoms with E-state index in [1.165, 1.54) is 5.56 Å². The van der Waals surface area contributed by atoms with Crippen LogP contribution in [-0.4, -0.2) is 48.6 Å². The molecule has 7 heteroatoms. The molecule has 0 saturated carbocycles. The quantitative estimate of drug-likeness (QED) is 0.465. The van der Waals surface area contributed by atoms with E-state index in [-0.39, 0.29) is 5.91 Å². The summed E-state index contributed by atoms with van der Waals surface area (Å²) in [6.07, 6.45) is 4.51. The van der Waals surface area contributed by atoms with Crippen molar-refractivity contribution in [3.8, 4) is 0 Å². The molecular formula is C17H29N5O2. The van der Waals surface area contributed by atoms with Crippen molar-refractivity contribution in [2.75, 3.05) is 26.7 Å². The smallest absolute Gasteiger partial charge is 0.217 e. The fourth-order valence-electron chi connectivity index (χ4n) is 3.37. The van der Waals surface area contributed by atoms with Gasteiger partial charge in [0.15, 0.2) is 5.96 Å². The Bertz CT molecular complexity index is 562. The molecule has 0 aromatic carbocycles. The van der Waals surface area contributed by atoms with Gasteiger partial charge in [-0.1, -0.05) is 5.16 Å². The maximum Gasteiger partial charge on any atom is 0.217 e. The number of piperidine rings is 1. The number of amides is 1. The van der Waals surface area contributed by atoms with Gasteiger partial charge in [0.05, 0.1) is 5.69 Å². The average Bonchev–Trinajstić information content (AvgIpc) is 2.86. The van der Waals surface area contributed by atoms with Gasteiger partial charge in [-0.25, -0.2) is 0 Å². The Morgan fingerprint density at radius 2 is 2.29 bits per heavy atom. The number of guanidine groups is 1. The second kappa shape index (κ2) is 8.70. The number of rotatable bonds is 6. The van der Waals surface area contributed by atoms with E-state index in [1.807, 2.05) is 13.8 Å². The molecule has 0 radical (unpaired) electrons. The van der Waals surface area contributed by atoms with Crippen LogP contribution in [0.5, 0.6) is 0 Å². The van der Waals surface area contributed by atoms with Crippen LogP contribution in [-0.2, 0) is 11.2 Å². The minimum atomic E-state index is -0.218. The van der Waals surface area contributed by atoms with Crippen LogP contribution in [0.3, 0.4) is 0 Å². The van der Waals surface area contributed by atoms with E-state index in [1.54, 1.807) is 7.05 Å². The number of primary amides is 1. The first-order chi connectivity index (χ1) is 11.5. The Balaban J connectivity index is 1.78. The first-order valence-corrected chi connectivity index (χ1v) is 8.67. The van der Waals surface area contributed by atoms with E-state index in [9.17, 15) is 4.79 Å². The molecule has 134 valence electrons. The molecule has 2 rings (SSSR count). The summed E-state index contributed by atoms with van der Waals surface area (Å²) >= 11 is 0. The summed E-state index contributed by atoms with van der Waals surface area (Å²) < 4.78 is 5.19. The van der Waals surface area contributed by atoms with Crippen molar-refractivity contribution in [2.45, 2.75) is 46.0 Å². The molecule has 24 heavy (non-hydrogen) atoms. The van der Waals surface area contributed by atoms with Gasteiger partial charge in [0.25, 0.3) is 0 Å². The molecule has 7 nitrogen and oxygen atoms in total. The molecule has 1 amide bonds. The second-order valence-electron chi connectivity index (χ2n) is 6.50. The lowest BCUT2D eigenvalue weighted by Gasteiger charge is -2.34. The van der Waals surface area contributed by atoms with Crippen LogP contribution in [0, 0.1) is 19.8 Å². The van der Waals surface area contributed by atoms with Crippen LogP contribution in [0.25, 0.3) is 0 Å². The van der Waals surface area contributed by atoms with E-state index >= 15 is 0 Å². The van der Waals surface area contributed by atoms with Crippen LogP contribution in [0.15, 0.2) is 9.52 Å². The number of aliphatic imine (C=N–C) groups is 1. The summed E-state index contributed by atoms with van der Waals surface area (Å²) in [4.78, 5) is 17.7. The number of nitrogens with one attached hydrogen (secondary N) is 1. The lowest BCUT2D eigenvalue weighted by molar-refractivity contribution is -0.119. The number of hydrogen-bond acceptors (Lipinski definition) is 4. The predicted octanol–water partition coefficient (Wildman–Crippen LogP) is 1.39. The number of nitrogens with two attached hydrogens (primary N) is 1. The zero-order valence-electron chi connectivity index (χ0n) is 15.0. The van der Waals surface area contributed by atoms with Crippen molar-refractivity contribution in [3.05, 3.63) is 17.0 Å². The molecule has 1 atom stereocenters. The molecular weight excluding hydrogens is 306 g/mol. The van der Waals surface area contributed by atoms with Crippen LogP contribution in [0.1, 0.15) is 42.7 Å². The fraction of sp³-hybridized carbons (Fsp3) is 0.706. The molecule has 0 bridgehead atoms. The van der Waals surface area contributed by atoms with Crippen molar-refractivity contribution in [2.24, 2.45) is 16.6 Å². The first kappa shape index (κ1) is 18.3. The Morgan fingerprint density at radius 3 is 2.92 bits per heavy atom. The van der Waals surface area contributed by atoms with Gasteiger partial charge >= 0.3 is 0 Å². The van der Waals surface area contributed by atoms with Gasteiger partial charge in [0.1, 0.15) is 5.76 Å². The van der Waals surface area contributed by atoms with Crippen LogP contribution in [0.2, 0.25) is 0 Å². The molecule has 1 saturated heterocycles. The number of aromatic nitrogens is 1. The molecule has 1 aromatic rings. The zero-order chi connectivity index (χ0) is 17.5. The molecule has 1 aliphatic heterocycles. The number of carbonyl (C=O) groups excluding carboxylic acids is 1. The van der Waals surface area contributed by atoms with Crippen molar-refractivity contribution < 1.29 is 9.32 Å². The predicted molar refractivity (Wildman–Crippen MR) is 93.8 cm³/mol. The number of aryl methyl sites for hydroxylation is 2. The highest BCUT2D eigenvalue weighted by molar-refractivity contribution is 5.80. The summed E-state index contributed by atoms with van der Waals surface area (Å²) in [5.74, 6) is 1.92. The minimum absolute atomic E-state index is 0.218. The normalized spacial score (nSPS) is 18.7. The molecule has 1 unspecified atom stereocenters. The molecule has 1 aromatic heterocycles. The van der Waals surface area contributed by atoms with E-state index in [0.717, 1.165) is 62.7 Å². The third kappa shape index (κ3) is 4.97. The summed E-state index contributed by atoms with van der Waals surface area (Å²) in [7, 11) is 1.80. The van der Waals surface area contributed by atoms with Crippen LogP contribution in [0.4, 0.5) is 0 Å². The highest BCUT2D eigenvalue weighted by Gasteiger charge is 2.23. The summed E-state index contributed by atoms with van der Waals surface area (Å²) in [5.41, 5.74) is 7.50. The third-order valence-corrected chi connectivity index (χ3v) is 4.59. The van der Waals surface area contributed by atoms with Gasteiger partial charge in [-0.2, -0.15) is 0 Å². The monoisotopic (exact) mass is 335 g/mol. The molecule has 2 heterocycles. The Kier molecular flexibility index (Phi) is 6.63. The van der Waals surface area contributed by atoms with E-state index in [0.29, 0.717) is 12.3 Å². The van der Waals surface area contributed by atoms with Gasteiger partial charge in [-0.15, -0.1) is 0 Å². The zero-order valence-corrected chi connectivity index (χ0v) is 15.0. The number of carbonyl (C=O) groups is 1. The average molecular weight is 335 g/mol. The lowest BCUT2D eigenvalue weighted by atomic mass is 9.95. The number of likely N-dealkylation sites (tertiary alicyclic amines) is 1. The molecule has 1 fully saturated rings. The van der Waals surface area contributed by atoms with Crippen molar-refractivity contribution in [1.29, 1.82) is 0 Å². The van der Waals surface area contributed by atoms with Crippen LogP contribution >= 0.6 is 0 Å². The van der Waals surface area contributed by atoms with Crippen molar-refractivity contribution in [1.82, 2.24) is 15.4 Å². The van der Waals surface area contributed by atoms with Gasteiger partial charge in [-0.05, 0) is 45.4 Å².